The van der Waals surface area contributed by atoms with Gasteiger partial charge in [-0.25, -0.2) is 0 Å². The van der Waals surface area contributed by atoms with Crippen LogP contribution in [0.1, 0.15) is 66.8 Å². The molecule has 13 aromatic carbocycles. The van der Waals surface area contributed by atoms with Gasteiger partial charge in [0.05, 0.1) is 16.2 Å². The van der Waals surface area contributed by atoms with E-state index in [1.807, 2.05) is 0 Å². The monoisotopic (exact) mass is 1070 g/mol. The first-order valence-electron chi connectivity index (χ1n) is 29.1. The molecule has 0 unspecified atom stereocenters. The van der Waals surface area contributed by atoms with Gasteiger partial charge in [0.15, 0.2) is 0 Å². The highest BCUT2D eigenvalue weighted by Crippen LogP contribution is 2.66. The quantitative estimate of drug-likeness (QED) is 0.166. The first kappa shape index (κ1) is 47.0. The lowest BCUT2D eigenvalue weighted by Crippen LogP contribution is -2.32. The summed E-state index contributed by atoms with van der Waals surface area (Å²) in [6.07, 6.45) is 0. The molecule has 0 radical (unpaired) electrons. The summed E-state index contributed by atoms with van der Waals surface area (Å²) in [6.45, 7) is 0. The summed E-state index contributed by atoms with van der Waals surface area (Å²) < 4.78 is 13.6. The van der Waals surface area contributed by atoms with Gasteiger partial charge in [-0.1, -0.05) is 249 Å². The van der Waals surface area contributed by atoms with Gasteiger partial charge in [-0.2, -0.15) is 0 Å². The van der Waals surface area contributed by atoms with Crippen LogP contribution in [0.4, 0.5) is 17.1 Å². The third-order valence-corrected chi connectivity index (χ3v) is 19.1. The summed E-state index contributed by atoms with van der Waals surface area (Å²) in [5.74, 6) is 3.49. The molecule has 13 aromatic rings. The molecule has 0 saturated carbocycles. The molecule has 2 spiro atoms. The lowest BCUT2D eigenvalue weighted by molar-refractivity contribution is 0.436. The molecule has 2 heterocycles. The highest BCUT2D eigenvalue weighted by atomic mass is 16.5. The first-order valence-corrected chi connectivity index (χ1v) is 29.1. The zero-order valence-corrected chi connectivity index (χ0v) is 45.7. The molecule has 3 heteroatoms. The number of hydrogen-bond acceptors (Lipinski definition) is 3. The molecule has 84 heavy (non-hydrogen) atoms. The molecule has 5 aliphatic rings. The normalized spacial score (nSPS) is 14.7. The van der Waals surface area contributed by atoms with Crippen molar-refractivity contribution in [2.45, 2.75) is 16.2 Å². The molecule has 18 rings (SSSR count). The standard InChI is InChI=1S/C81H51NO2/c1-3-22-53(23-4-1)79(54-24-5-2-6-25-54)66-32-12-9-28-63(66)78-58(29-21-37-71(78)79)52-42-44-55(45-43-52)82(56-46-48-61-59-26-7-10-30-64(59)80(72(61)50-56)67-33-13-17-38-74(67)83-75-39-18-14-34-68(75)80)57-47-49-62-60-27-8-11-31-65(60)81(73(62)51-57)69-35-15-19-40-76(69)84-77-41-20-16-36-70(77)81/h1-51H. The number of hydrogen-bond donors (Lipinski definition) is 0. The van der Waals surface area contributed by atoms with Crippen molar-refractivity contribution in [2.24, 2.45) is 0 Å². The predicted octanol–water partition coefficient (Wildman–Crippen LogP) is 20.1. The molecule has 392 valence electrons. The summed E-state index contributed by atoms with van der Waals surface area (Å²) in [4.78, 5) is 2.49. The maximum Gasteiger partial charge on any atom is 0.132 e. The summed E-state index contributed by atoms with van der Waals surface area (Å²) in [5, 5.41) is 0. The fourth-order valence-electron chi connectivity index (χ4n) is 15.9. The second kappa shape index (κ2) is 17.6. The van der Waals surface area contributed by atoms with Crippen LogP contribution in [0.25, 0.3) is 44.5 Å². The van der Waals surface area contributed by atoms with E-state index in [0.29, 0.717) is 0 Å². The number of para-hydroxylation sites is 4. The Bertz CT molecular complexity index is 4540. The SMILES string of the molecule is c1ccc(C2(c3ccccc3)c3ccccc3-c3c(-c4ccc(N(c5ccc6c(c5)C5(c7ccccc7Oc7ccccc75)c5ccccc5-6)c5ccc6c(c5)C5(c7ccccc7Oc7ccccc75)c5ccccc5-6)cc4)cccc32)cc1. The molecule has 2 aliphatic heterocycles. The molecule has 0 fully saturated rings. The van der Waals surface area contributed by atoms with E-state index in [2.05, 4.69) is 314 Å². The average molecular weight is 1070 g/mol. The number of fused-ring (bicyclic) bond motifs is 21. The third kappa shape index (κ3) is 6.09. The van der Waals surface area contributed by atoms with Gasteiger partial charge in [-0.05, 0) is 150 Å². The fraction of sp³-hybridized carbons (Fsp3) is 0.0370. The topological polar surface area (TPSA) is 21.7 Å². The second-order valence-electron chi connectivity index (χ2n) is 22.9. The Morgan fingerprint density at radius 1 is 0.214 bits per heavy atom. The minimum atomic E-state index is -0.652. The molecular formula is C81H51NO2. The molecule has 0 amide bonds. The van der Waals surface area contributed by atoms with E-state index in [1.54, 1.807) is 0 Å². The Balaban J connectivity index is 0.875. The van der Waals surface area contributed by atoms with Crippen LogP contribution in [0.2, 0.25) is 0 Å². The maximum atomic E-state index is 6.82. The van der Waals surface area contributed by atoms with Crippen LogP contribution in [0.15, 0.2) is 309 Å². The number of anilines is 3. The second-order valence-corrected chi connectivity index (χ2v) is 22.9. The molecule has 3 aliphatic carbocycles. The molecule has 3 nitrogen and oxygen atoms in total. The van der Waals surface area contributed by atoms with Gasteiger partial charge in [-0.3, -0.25) is 0 Å². The van der Waals surface area contributed by atoms with Crippen LogP contribution in [-0.2, 0) is 16.2 Å². The number of benzene rings is 13. The highest BCUT2D eigenvalue weighted by Gasteiger charge is 2.53. The first-order chi connectivity index (χ1) is 41.7. The van der Waals surface area contributed by atoms with Crippen LogP contribution >= 0.6 is 0 Å². The fourth-order valence-corrected chi connectivity index (χ4v) is 15.9. The Hall–Kier alpha value is -10.7. The van der Waals surface area contributed by atoms with E-state index in [-0.39, 0.29) is 0 Å². The maximum absolute atomic E-state index is 6.82. The average Bonchev–Trinajstić information content (AvgIpc) is 1.67. The molecular weight excluding hydrogens is 1020 g/mol. The summed E-state index contributed by atoms with van der Waals surface area (Å²) in [7, 11) is 0. The van der Waals surface area contributed by atoms with E-state index in [1.165, 1.54) is 83.5 Å². The minimum absolute atomic E-state index is 0.507. The van der Waals surface area contributed by atoms with Crippen molar-refractivity contribution in [3.05, 3.63) is 376 Å². The molecule has 0 bridgehead atoms. The van der Waals surface area contributed by atoms with Crippen LogP contribution in [-0.4, -0.2) is 0 Å². The number of ether oxygens (including phenoxy) is 2. The Morgan fingerprint density at radius 2 is 0.548 bits per heavy atom. The lowest BCUT2D eigenvalue weighted by Gasteiger charge is -2.40. The zero-order valence-electron chi connectivity index (χ0n) is 45.7. The van der Waals surface area contributed by atoms with Gasteiger partial charge < -0.3 is 14.4 Å². The van der Waals surface area contributed by atoms with Crippen molar-refractivity contribution in [3.8, 4) is 67.5 Å². The Labute approximate surface area is 488 Å². The molecule has 0 N–H and O–H groups in total. The van der Waals surface area contributed by atoms with Crippen molar-refractivity contribution in [1.82, 2.24) is 0 Å². The van der Waals surface area contributed by atoms with E-state index in [0.717, 1.165) is 67.9 Å². The van der Waals surface area contributed by atoms with Gasteiger partial charge in [0.2, 0.25) is 0 Å². The van der Waals surface area contributed by atoms with Crippen molar-refractivity contribution in [2.75, 3.05) is 4.90 Å². The molecule has 0 atom stereocenters. The third-order valence-electron chi connectivity index (χ3n) is 19.1. The zero-order chi connectivity index (χ0) is 55.1. The Morgan fingerprint density at radius 3 is 1.00 bits per heavy atom. The lowest BCUT2D eigenvalue weighted by atomic mass is 9.66. The van der Waals surface area contributed by atoms with Gasteiger partial charge in [0.25, 0.3) is 0 Å². The van der Waals surface area contributed by atoms with Crippen molar-refractivity contribution < 1.29 is 9.47 Å². The minimum Gasteiger partial charge on any atom is -0.457 e. The summed E-state index contributed by atoms with van der Waals surface area (Å²) in [5.41, 5.74) is 25.7. The van der Waals surface area contributed by atoms with Crippen molar-refractivity contribution in [3.63, 3.8) is 0 Å². The van der Waals surface area contributed by atoms with Gasteiger partial charge in [0.1, 0.15) is 23.0 Å². The van der Waals surface area contributed by atoms with Crippen molar-refractivity contribution >= 4 is 17.1 Å². The number of rotatable bonds is 6. The van der Waals surface area contributed by atoms with E-state index >= 15 is 0 Å². The van der Waals surface area contributed by atoms with Crippen LogP contribution in [0, 0.1) is 0 Å². The summed E-state index contributed by atoms with van der Waals surface area (Å²) >= 11 is 0. The van der Waals surface area contributed by atoms with E-state index in [9.17, 15) is 0 Å². The van der Waals surface area contributed by atoms with Gasteiger partial charge >= 0.3 is 0 Å². The largest absolute Gasteiger partial charge is 0.457 e. The van der Waals surface area contributed by atoms with E-state index < -0.39 is 16.2 Å². The van der Waals surface area contributed by atoms with Crippen molar-refractivity contribution in [1.29, 1.82) is 0 Å². The highest BCUT2D eigenvalue weighted by molar-refractivity contribution is 5.98. The van der Waals surface area contributed by atoms with Crippen LogP contribution in [0.3, 0.4) is 0 Å². The molecule has 0 aromatic heterocycles. The van der Waals surface area contributed by atoms with Gasteiger partial charge in [0, 0.05) is 39.3 Å². The predicted molar refractivity (Wildman–Crippen MR) is 339 cm³/mol. The number of nitrogens with zero attached hydrogens (tertiary/aromatic N) is 1. The van der Waals surface area contributed by atoms with Crippen LogP contribution < -0.4 is 14.4 Å². The van der Waals surface area contributed by atoms with E-state index in [4.69, 9.17) is 9.47 Å². The Kier molecular flexibility index (Phi) is 9.86. The van der Waals surface area contributed by atoms with Gasteiger partial charge in [-0.15, -0.1) is 0 Å². The molecule has 0 saturated heterocycles. The summed E-state index contributed by atoms with van der Waals surface area (Å²) in [6, 6.07) is 114. The van der Waals surface area contributed by atoms with Crippen LogP contribution in [0.5, 0.6) is 23.0 Å². The smallest absolute Gasteiger partial charge is 0.132 e.